The average molecular weight is 616 g/mol. The second-order valence-corrected chi connectivity index (χ2v) is 12.0. The minimum Gasteiger partial charge on any atom is -0.486 e. The molecule has 1 saturated heterocycles. The Kier molecular flexibility index (Phi) is 7.64. The van der Waals surface area contributed by atoms with E-state index in [1.54, 1.807) is 0 Å². The van der Waals surface area contributed by atoms with Gasteiger partial charge in [0.2, 0.25) is 0 Å². The predicted molar refractivity (Wildman–Crippen MR) is 137 cm³/mol. The normalized spacial score (nSPS) is 18.7. The molecule has 1 atom stereocenters. The fourth-order valence-electron chi connectivity index (χ4n) is 5.24. The van der Waals surface area contributed by atoms with Crippen LogP contribution in [0.5, 0.6) is 5.75 Å². The number of alkyl halides is 3. The highest BCUT2D eigenvalue weighted by molar-refractivity contribution is 7.92. The van der Waals surface area contributed by atoms with Crippen molar-refractivity contribution in [1.29, 1.82) is 0 Å². The number of fused-ring (bicyclic) bond motifs is 1. The van der Waals surface area contributed by atoms with Crippen LogP contribution in [0.4, 0.5) is 32.0 Å². The van der Waals surface area contributed by atoms with E-state index in [2.05, 4.69) is 0 Å². The highest BCUT2D eigenvalue weighted by Gasteiger charge is 2.45. The fourth-order valence-corrected chi connectivity index (χ4v) is 6.79. The zero-order chi connectivity index (χ0) is 30.4. The Labute approximate surface area is 236 Å². The van der Waals surface area contributed by atoms with Gasteiger partial charge >= 0.3 is 12.1 Å². The van der Waals surface area contributed by atoms with E-state index < -0.39 is 73.7 Å². The topological polar surface area (TPSA) is 93.1 Å². The molecule has 0 spiro atoms. The number of sulfonamides is 1. The lowest BCUT2D eigenvalue weighted by Crippen LogP contribution is -2.48. The summed E-state index contributed by atoms with van der Waals surface area (Å²) < 4.78 is 123. The third-order valence-electron chi connectivity index (χ3n) is 7.47. The van der Waals surface area contributed by atoms with Crippen LogP contribution >= 0.6 is 0 Å². The molecule has 7 nitrogen and oxygen atoms in total. The first-order valence-corrected chi connectivity index (χ1v) is 14.1. The van der Waals surface area contributed by atoms with E-state index >= 15 is 0 Å². The number of aliphatic carboxylic acids is 1. The van der Waals surface area contributed by atoms with Gasteiger partial charge in [-0.2, -0.15) is 13.2 Å². The Morgan fingerprint density at radius 2 is 1.74 bits per heavy atom. The van der Waals surface area contributed by atoms with Gasteiger partial charge in [-0.05, 0) is 54.8 Å². The van der Waals surface area contributed by atoms with Crippen molar-refractivity contribution < 1.29 is 54.1 Å². The van der Waals surface area contributed by atoms with E-state index in [1.165, 1.54) is 12.1 Å². The van der Waals surface area contributed by atoms with E-state index in [4.69, 9.17) is 9.47 Å². The number of hydrogen-bond donors (Lipinski definition) is 1. The molecule has 0 aromatic heterocycles. The van der Waals surface area contributed by atoms with Gasteiger partial charge in [-0.1, -0.05) is 12.1 Å². The van der Waals surface area contributed by atoms with E-state index in [9.17, 15) is 44.7 Å². The number of carbonyl (C=O) groups is 1. The van der Waals surface area contributed by atoms with Gasteiger partial charge in [0.15, 0.2) is 11.6 Å². The van der Waals surface area contributed by atoms with E-state index in [1.807, 2.05) is 0 Å². The predicted octanol–water partition coefficient (Wildman–Crippen LogP) is 6.02. The largest absolute Gasteiger partial charge is 0.486 e. The van der Waals surface area contributed by atoms with Crippen LogP contribution in [0, 0.1) is 22.9 Å². The van der Waals surface area contributed by atoms with Crippen LogP contribution in [-0.2, 0) is 25.7 Å². The summed E-state index contributed by atoms with van der Waals surface area (Å²) in [7, 11) is -4.76. The Bertz CT molecular complexity index is 1640. The van der Waals surface area contributed by atoms with Gasteiger partial charge in [0.1, 0.15) is 17.7 Å². The summed E-state index contributed by atoms with van der Waals surface area (Å²) in [6.07, 6.45) is -5.80. The molecule has 5 rings (SSSR count). The molecule has 1 unspecified atom stereocenters. The van der Waals surface area contributed by atoms with Gasteiger partial charge in [-0.3, -0.25) is 9.10 Å². The van der Waals surface area contributed by atoms with Crippen LogP contribution in [-0.4, -0.2) is 45.4 Å². The first-order valence-electron chi connectivity index (χ1n) is 12.7. The smallest absolute Gasteiger partial charge is 0.416 e. The fraction of sp³-hybridized carbons (Fsp3) is 0.321. The third-order valence-corrected chi connectivity index (χ3v) is 9.24. The summed E-state index contributed by atoms with van der Waals surface area (Å²) in [6, 6.07) is 7.66. The number of benzene rings is 3. The molecule has 224 valence electrons. The molecule has 2 aliphatic heterocycles. The summed E-state index contributed by atoms with van der Waals surface area (Å²) in [5, 5.41) is 10.0. The van der Waals surface area contributed by atoms with Gasteiger partial charge in [-0.25, -0.2) is 21.6 Å². The molecule has 3 aromatic rings. The highest BCUT2D eigenvalue weighted by Crippen LogP contribution is 2.44. The highest BCUT2D eigenvalue weighted by atomic mass is 32.2. The minimum atomic E-state index is -4.85. The lowest BCUT2D eigenvalue weighted by atomic mass is 9.75. The van der Waals surface area contributed by atoms with Crippen LogP contribution in [0.3, 0.4) is 0 Å². The molecule has 1 N–H and O–H groups in total. The Hall–Kier alpha value is -3.78. The maximum absolute atomic E-state index is 14.6. The van der Waals surface area contributed by atoms with E-state index in [0.717, 1.165) is 22.5 Å². The van der Waals surface area contributed by atoms with Crippen molar-refractivity contribution in [3.8, 4) is 16.9 Å². The molecule has 14 heteroatoms. The maximum atomic E-state index is 14.6. The summed E-state index contributed by atoms with van der Waals surface area (Å²) >= 11 is 0. The second-order valence-electron chi connectivity index (χ2n) is 10.1. The number of carboxylic acid groups (broad SMARTS) is 1. The summed E-state index contributed by atoms with van der Waals surface area (Å²) in [6.45, 7) is -0.202. The number of nitrogens with zero attached hydrogens (tertiary/aromatic N) is 1. The molecular weight excluding hydrogens is 592 g/mol. The van der Waals surface area contributed by atoms with Crippen LogP contribution in [0.15, 0.2) is 59.5 Å². The maximum Gasteiger partial charge on any atom is 0.416 e. The molecule has 0 aliphatic carbocycles. The summed E-state index contributed by atoms with van der Waals surface area (Å²) in [5.41, 5.74) is -3.43. The zero-order valence-electron chi connectivity index (χ0n) is 21.6. The second kappa shape index (κ2) is 10.8. The number of hydrogen-bond acceptors (Lipinski definition) is 5. The van der Waals surface area contributed by atoms with Crippen molar-refractivity contribution in [3.05, 3.63) is 77.6 Å². The van der Waals surface area contributed by atoms with Crippen LogP contribution in [0.1, 0.15) is 24.8 Å². The van der Waals surface area contributed by atoms with Crippen molar-refractivity contribution in [3.63, 3.8) is 0 Å². The molecular formula is C28H23F6NO6S. The van der Waals surface area contributed by atoms with Gasteiger partial charge in [0.05, 0.1) is 28.1 Å². The molecule has 2 aliphatic rings. The first kappa shape index (κ1) is 29.7. The number of ether oxygens (including phenoxy) is 2. The van der Waals surface area contributed by atoms with E-state index in [0.29, 0.717) is 24.3 Å². The summed E-state index contributed by atoms with van der Waals surface area (Å²) in [5.74, 6) is -5.22. The molecule has 0 amide bonds. The van der Waals surface area contributed by atoms with Crippen LogP contribution in [0.2, 0.25) is 0 Å². The SMILES string of the molecule is O=C(O)C1(CC2CN(S(=O)(=O)c3cccc(C(F)(F)F)c3)c3cc(-c4cc(F)cc(F)c4F)ccc3O2)CCOCC1. The Morgan fingerprint density at radius 1 is 1.02 bits per heavy atom. The zero-order valence-corrected chi connectivity index (χ0v) is 22.4. The molecule has 42 heavy (non-hydrogen) atoms. The lowest BCUT2D eigenvalue weighted by molar-refractivity contribution is -0.157. The number of carboxylic acids is 1. The van der Waals surface area contributed by atoms with Gasteiger partial charge in [0, 0.05) is 31.3 Å². The van der Waals surface area contributed by atoms with Crippen LogP contribution in [0.25, 0.3) is 11.1 Å². The molecule has 1 fully saturated rings. The summed E-state index contributed by atoms with van der Waals surface area (Å²) in [4.78, 5) is 11.6. The van der Waals surface area contributed by atoms with Crippen molar-refractivity contribution in [2.45, 2.75) is 36.4 Å². The molecule has 2 heterocycles. The molecule has 3 aromatic carbocycles. The number of rotatable bonds is 6. The molecule has 0 radical (unpaired) electrons. The molecule has 0 bridgehead atoms. The Morgan fingerprint density at radius 3 is 2.40 bits per heavy atom. The monoisotopic (exact) mass is 615 g/mol. The van der Waals surface area contributed by atoms with Gasteiger partial charge in [-0.15, -0.1) is 0 Å². The Balaban J connectivity index is 1.63. The van der Waals surface area contributed by atoms with Crippen molar-refractivity contribution in [2.75, 3.05) is 24.1 Å². The van der Waals surface area contributed by atoms with Crippen LogP contribution < -0.4 is 9.04 Å². The quantitative estimate of drug-likeness (QED) is 0.270. The van der Waals surface area contributed by atoms with E-state index in [-0.39, 0.29) is 49.5 Å². The number of anilines is 1. The minimum absolute atomic E-state index is 0.101. The molecule has 0 saturated carbocycles. The lowest BCUT2D eigenvalue weighted by Gasteiger charge is -2.40. The average Bonchev–Trinajstić information content (AvgIpc) is 2.94. The third kappa shape index (κ3) is 5.52. The van der Waals surface area contributed by atoms with Gasteiger partial charge < -0.3 is 14.6 Å². The number of halogens is 6. The van der Waals surface area contributed by atoms with Crippen molar-refractivity contribution in [2.24, 2.45) is 5.41 Å². The standard InChI is InChI=1S/C28H23F6NO6S/c29-18-12-21(25(31)22(30)13-18)16-4-5-24-23(10-16)35(42(38,39)20-3-1-2-17(11-20)28(32,33)34)15-19(41-24)14-27(26(36)37)6-8-40-9-7-27/h1-5,10-13,19H,6-9,14-15H2,(H,36,37). The van der Waals surface area contributed by atoms with Gasteiger partial charge in [0.25, 0.3) is 10.0 Å². The first-order chi connectivity index (χ1) is 19.7. The van der Waals surface area contributed by atoms with Crippen molar-refractivity contribution in [1.82, 2.24) is 0 Å². The van der Waals surface area contributed by atoms with Crippen molar-refractivity contribution >= 4 is 21.7 Å².